The van der Waals surface area contributed by atoms with Crippen molar-refractivity contribution in [3.8, 4) is 0 Å². The molecule has 0 saturated carbocycles. The predicted octanol–water partition coefficient (Wildman–Crippen LogP) is 3.56. The number of benzene rings is 1. The lowest BCUT2D eigenvalue weighted by atomic mass is 10.0. The molecule has 0 saturated heterocycles. The van der Waals surface area contributed by atoms with Gasteiger partial charge in [-0.3, -0.25) is 4.98 Å². The Hall–Kier alpha value is -1.84. The highest BCUT2D eigenvalue weighted by Gasteiger charge is 2.16. The minimum absolute atomic E-state index is 0.269. The first-order chi connectivity index (χ1) is 8.75. The van der Waals surface area contributed by atoms with Gasteiger partial charge in [0.15, 0.2) is 5.22 Å². The van der Waals surface area contributed by atoms with E-state index >= 15 is 0 Å². The maximum absolute atomic E-state index is 10.3. The molecule has 0 aliphatic carbocycles. The van der Waals surface area contributed by atoms with Crippen molar-refractivity contribution < 1.29 is 9.52 Å². The topological polar surface area (TPSA) is 46.3 Å². The normalized spacial score (nSPS) is 12.8. The van der Waals surface area contributed by atoms with Crippen molar-refractivity contribution in [2.75, 3.05) is 0 Å². The molecular weight excluding hydrogens is 250 g/mol. The number of hydrogen-bond acceptors (Lipinski definition) is 3. The number of aliphatic hydroxyl groups excluding tert-OH is 1. The molecule has 0 amide bonds. The van der Waals surface area contributed by atoms with Gasteiger partial charge in [0.05, 0.1) is 0 Å². The molecule has 1 atom stereocenters. The van der Waals surface area contributed by atoms with Gasteiger partial charge in [-0.05, 0) is 40.7 Å². The third-order valence-electron chi connectivity index (χ3n) is 2.87. The molecule has 2 aromatic heterocycles. The van der Waals surface area contributed by atoms with E-state index in [-0.39, 0.29) is 5.22 Å². The third kappa shape index (κ3) is 1.88. The van der Waals surface area contributed by atoms with Crippen molar-refractivity contribution in [1.82, 2.24) is 4.98 Å². The van der Waals surface area contributed by atoms with Crippen molar-refractivity contribution in [2.45, 2.75) is 6.10 Å². The number of fused-ring (bicyclic) bond motifs is 1. The Labute approximate surface area is 109 Å². The summed E-state index contributed by atoms with van der Waals surface area (Å²) in [5.41, 5.74) is 0.779. The maximum Gasteiger partial charge on any atom is 0.193 e. The first-order valence-corrected chi connectivity index (χ1v) is 5.89. The predicted molar refractivity (Wildman–Crippen MR) is 69.5 cm³/mol. The Balaban J connectivity index is 2.14. The van der Waals surface area contributed by atoms with Gasteiger partial charge in [0.25, 0.3) is 0 Å². The summed E-state index contributed by atoms with van der Waals surface area (Å²) in [5, 5.41) is 12.5. The standard InChI is InChI=1S/C14H10ClNO2/c15-13-5-4-12(18-13)14(17)11-3-1-2-9-8-16-7-6-10(9)11/h1-8,14,17H. The minimum Gasteiger partial charge on any atom is -0.447 e. The molecule has 0 fully saturated rings. The molecule has 0 radical (unpaired) electrons. The van der Waals surface area contributed by atoms with Gasteiger partial charge in [-0.2, -0.15) is 0 Å². The fourth-order valence-corrected chi connectivity index (χ4v) is 2.17. The average Bonchev–Trinajstić information content (AvgIpc) is 2.84. The van der Waals surface area contributed by atoms with Crippen LogP contribution in [0.25, 0.3) is 10.8 Å². The first kappa shape index (κ1) is 11.3. The molecule has 18 heavy (non-hydrogen) atoms. The van der Waals surface area contributed by atoms with Crippen LogP contribution in [0.4, 0.5) is 0 Å². The number of pyridine rings is 1. The summed E-state index contributed by atoms with van der Waals surface area (Å²) in [5.74, 6) is 0.435. The number of nitrogens with zero attached hydrogens (tertiary/aromatic N) is 1. The molecule has 0 aliphatic rings. The molecule has 90 valence electrons. The van der Waals surface area contributed by atoms with Crippen LogP contribution < -0.4 is 0 Å². The Bertz CT molecular complexity index is 688. The highest BCUT2D eigenvalue weighted by molar-refractivity contribution is 6.28. The molecule has 3 rings (SSSR count). The van der Waals surface area contributed by atoms with Crippen LogP contribution in [0.1, 0.15) is 17.4 Å². The summed E-state index contributed by atoms with van der Waals surface area (Å²) in [4.78, 5) is 4.06. The molecule has 0 bridgehead atoms. The van der Waals surface area contributed by atoms with Crippen LogP contribution in [0.2, 0.25) is 5.22 Å². The summed E-state index contributed by atoms with van der Waals surface area (Å²) in [6, 6.07) is 10.9. The summed E-state index contributed by atoms with van der Waals surface area (Å²) in [7, 11) is 0. The fourth-order valence-electron chi connectivity index (χ4n) is 2.01. The second-order valence-corrected chi connectivity index (χ2v) is 4.36. The SMILES string of the molecule is OC(c1ccc(Cl)o1)c1cccc2cnccc12. The zero-order valence-corrected chi connectivity index (χ0v) is 10.1. The van der Waals surface area contributed by atoms with Crippen molar-refractivity contribution >= 4 is 22.4 Å². The monoisotopic (exact) mass is 259 g/mol. The Morgan fingerprint density at radius 1 is 1.17 bits per heavy atom. The Kier molecular flexibility index (Phi) is 2.78. The summed E-state index contributed by atoms with van der Waals surface area (Å²) >= 11 is 5.72. The van der Waals surface area contributed by atoms with E-state index in [0.717, 1.165) is 16.3 Å². The second kappa shape index (κ2) is 4.44. The van der Waals surface area contributed by atoms with Gasteiger partial charge >= 0.3 is 0 Å². The maximum atomic E-state index is 10.3. The van der Waals surface area contributed by atoms with E-state index in [2.05, 4.69) is 4.98 Å². The largest absolute Gasteiger partial charge is 0.447 e. The number of aliphatic hydroxyl groups is 1. The van der Waals surface area contributed by atoms with Crippen LogP contribution >= 0.6 is 11.6 Å². The van der Waals surface area contributed by atoms with E-state index in [4.69, 9.17) is 16.0 Å². The van der Waals surface area contributed by atoms with Gasteiger partial charge in [0.1, 0.15) is 11.9 Å². The van der Waals surface area contributed by atoms with Crippen LogP contribution in [-0.4, -0.2) is 10.1 Å². The summed E-state index contributed by atoms with van der Waals surface area (Å²) in [6.45, 7) is 0. The number of aromatic nitrogens is 1. The highest BCUT2D eigenvalue weighted by Crippen LogP contribution is 2.30. The molecule has 0 aliphatic heterocycles. The smallest absolute Gasteiger partial charge is 0.193 e. The van der Waals surface area contributed by atoms with Crippen LogP contribution in [0, 0.1) is 0 Å². The molecule has 2 heterocycles. The number of halogens is 1. The molecule has 0 spiro atoms. The zero-order valence-electron chi connectivity index (χ0n) is 9.38. The zero-order chi connectivity index (χ0) is 12.5. The highest BCUT2D eigenvalue weighted by atomic mass is 35.5. The van der Waals surface area contributed by atoms with Gasteiger partial charge < -0.3 is 9.52 Å². The lowest BCUT2D eigenvalue weighted by Gasteiger charge is -2.11. The van der Waals surface area contributed by atoms with E-state index in [1.54, 1.807) is 24.5 Å². The Morgan fingerprint density at radius 3 is 2.83 bits per heavy atom. The number of rotatable bonds is 2. The Morgan fingerprint density at radius 2 is 2.06 bits per heavy atom. The molecule has 1 aromatic carbocycles. The molecule has 1 unspecified atom stereocenters. The lowest BCUT2D eigenvalue weighted by Crippen LogP contribution is -1.99. The molecular formula is C14H10ClNO2. The van der Waals surface area contributed by atoms with E-state index in [1.807, 2.05) is 24.3 Å². The quantitative estimate of drug-likeness (QED) is 0.765. The molecule has 1 N–H and O–H groups in total. The van der Waals surface area contributed by atoms with Crippen LogP contribution in [-0.2, 0) is 0 Å². The van der Waals surface area contributed by atoms with Crippen LogP contribution in [0.15, 0.2) is 53.2 Å². The summed E-state index contributed by atoms with van der Waals surface area (Å²) in [6.07, 6.45) is 2.64. The number of hydrogen-bond donors (Lipinski definition) is 1. The van der Waals surface area contributed by atoms with Crippen molar-refractivity contribution in [2.24, 2.45) is 0 Å². The van der Waals surface area contributed by atoms with Gasteiger partial charge in [0, 0.05) is 17.8 Å². The van der Waals surface area contributed by atoms with Gasteiger partial charge in [0.2, 0.25) is 0 Å². The third-order valence-corrected chi connectivity index (χ3v) is 3.08. The van der Waals surface area contributed by atoms with E-state index in [1.165, 1.54) is 0 Å². The first-order valence-electron chi connectivity index (χ1n) is 5.51. The van der Waals surface area contributed by atoms with Crippen molar-refractivity contribution in [1.29, 1.82) is 0 Å². The van der Waals surface area contributed by atoms with Crippen molar-refractivity contribution in [3.05, 3.63) is 65.3 Å². The lowest BCUT2D eigenvalue weighted by molar-refractivity contribution is 0.191. The van der Waals surface area contributed by atoms with Crippen molar-refractivity contribution in [3.63, 3.8) is 0 Å². The fraction of sp³-hybridized carbons (Fsp3) is 0.0714. The second-order valence-electron chi connectivity index (χ2n) is 3.99. The van der Waals surface area contributed by atoms with E-state index in [0.29, 0.717) is 5.76 Å². The molecule has 4 heteroatoms. The van der Waals surface area contributed by atoms with Crippen LogP contribution in [0.5, 0.6) is 0 Å². The van der Waals surface area contributed by atoms with E-state index in [9.17, 15) is 5.11 Å². The van der Waals surface area contributed by atoms with Gasteiger partial charge in [-0.25, -0.2) is 0 Å². The molecule has 3 aromatic rings. The van der Waals surface area contributed by atoms with Gasteiger partial charge in [-0.15, -0.1) is 0 Å². The average molecular weight is 260 g/mol. The van der Waals surface area contributed by atoms with E-state index < -0.39 is 6.10 Å². The van der Waals surface area contributed by atoms with Crippen LogP contribution in [0.3, 0.4) is 0 Å². The summed E-state index contributed by atoms with van der Waals surface area (Å²) < 4.78 is 5.25. The molecule has 3 nitrogen and oxygen atoms in total. The number of furan rings is 1. The van der Waals surface area contributed by atoms with Gasteiger partial charge in [-0.1, -0.05) is 18.2 Å². The minimum atomic E-state index is -0.830.